The van der Waals surface area contributed by atoms with Crippen LogP contribution >= 0.6 is 0 Å². The molecule has 0 radical (unpaired) electrons. The number of hydrogen-bond donors (Lipinski definition) is 2. The smallest absolute Gasteiger partial charge is 0.345 e. The minimum Gasteiger partial charge on any atom is -0.491 e. The second-order valence-corrected chi connectivity index (χ2v) is 7.53. The van der Waals surface area contributed by atoms with Crippen LogP contribution in [-0.4, -0.2) is 58.8 Å². The number of carbonyl (C=O) groups is 2. The Kier molecular flexibility index (Phi) is 4.25. The molecule has 3 aliphatic heterocycles. The summed E-state index contributed by atoms with van der Waals surface area (Å²) in [5.41, 5.74) is 6.91. The quantitative estimate of drug-likeness (QED) is 0.748. The molecule has 9 nitrogen and oxygen atoms in total. The fraction of sp³-hybridized carbons (Fsp3) is 0.556. The Labute approximate surface area is 156 Å². The molecule has 0 aromatic heterocycles. The average molecular weight is 377 g/mol. The SMILES string of the molecule is CC1(C)OCC(COc2ccc3c(c2)[C@@H]2CN(C(=O)N2O)[C@H]3CC(N)=O)O1. The number of hydrogen-bond acceptors (Lipinski definition) is 6. The van der Waals surface area contributed by atoms with Crippen molar-refractivity contribution in [1.29, 1.82) is 0 Å². The van der Waals surface area contributed by atoms with Crippen molar-refractivity contribution in [3.63, 3.8) is 0 Å². The minimum atomic E-state index is -0.614. The maximum absolute atomic E-state index is 12.3. The molecule has 1 aromatic carbocycles. The summed E-state index contributed by atoms with van der Waals surface area (Å²) in [7, 11) is 0. The first-order valence-corrected chi connectivity index (χ1v) is 8.90. The third-order valence-corrected chi connectivity index (χ3v) is 5.16. The van der Waals surface area contributed by atoms with Gasteiger partial charge < -0.3 is 24.8 Å². The molecule has 2 bridgehead atoms. The van der Waals surface area contributed by atoms with E-state index in [1.165, 1.54) is 4.90 Å². The number of carbonyl (C=O) groups excluding carboxylic acids is 2. The highest BCUT2D eigenvalue weighted by Crippen LogP contribution is 2.45. The number of rotatable bonds is 5. The highest BCUT2D eigenvalue weighted by Gasteiger charge is 2.47. The van der Waals surface area contributed by atoms with Gasteiger partial charge in [0.1, 0.15) is 24.5 Å². The summed E-state index contributed by atoms with van der Waals surface area (Å²) in [6.07, 6.45) is -0.168. The summed E-state index contributed by atoms with van der Waals surface area (Å²) in [6.45, 7) is 4.78. The lowest BCUT2D eigenvalue weighted by Crippen LogP contribution is -2.36. The molecule has 3 N–H and O–H groups in total. The summed E-state index contributed by atoms with van der Waals surface area (Å²) in [4.78, 5) is 25.2. The third-order valence-electron chi connectivity index (χ3n) is 5.16. The second-order valence-electron chi connectivity index (χ2n) is 7.53. The summed E-state index contributed by atoms with van der Waals surface area (Å²) in [6, 6.07) is 3.90. The normalized spacial score (nSPS) is 28.4. The van der Waals surface area contributed by atoms with Crippen LogP contribution in [-0.2, 0) is 14.3 Å². The summed E-state index contributed by atoms with van der Waals surface area (Å²) in [5.74, 6) is -0.521. The largest absolute Gasteiger partial charge is 0.491 e. The van der Waals surface area contributed by atoms with Crippen LogP contribution in [0.15, 0.2) is 18.2 Å². The zero-order chi connectivity index (χ0) is 19.3. The molecule has 3 amide bonds. The molecule has 3 heterocycles. The Hall–Kier alpha value is -2.36. The van der Waals surface area contributed by atoms with E-state index in [-0.39, 0.29) is 12.5 Å². The first kappa shape index (κ1) is 18.0. The second kappa shape index (κ2) is 6.36. The van der Waals surface area contributed by atoms with Gasteiger partial charge in [0.05, 0.1) is 25.6 Å². The van der Waals surface area contributed by atoms with Gasteiger partial charge in [-0.25, -0.2) is 4.79 Å². The van der Waals surface area contributed by atoms with Crippen molar-refractivity contribution in [3.05, 3.63) is 29.3 Å². The fourth-order valence-electron chi connectivity index (χ4n) is 3.94. The van der Waals surface area contributed by atoms with Crippen molar-refractivity contribution in [3.8, 4) is 5.75 Å². The molecular formula is C18H23N3O6. The number of nitrogens with two attached hydrogens (primary N) is 1. The fourth-order valence-corrected chi connectivity index (χ4v) is 3.94. The molecule has 1 aromatic rings. The summed E-state index contributed by atoms with van der Waals surface area (Å²) >= 11 is 0. The lowest BCUT2D eigenvalue weighted by molar-refractivity contribution is -0.141. The van der Waals surface area contributed by atoms with Gasteiger partial charge in [0.25, 0.3) is 0 Å². The van der Waals surface area contributed by atoms with Crippen LogP contribution in [0.25, 0.3) is 0 Å². The Balaban J connectivity index is 1.55. The molecule has 27 heavy (non-hydrogen) atoms. The minimum absolute atomic E-state index is 0.00182. The Bertz CT molecular complexity index is 782. The molecule has 0 aliphatic carbocycles. The van der Waals surface area contributed by atoms with Gasteiger partial charge in [0.15, 0.2) is 5.79 Å². The van der Waals surface area contributed by atoms with E-state index < -0.39 is 29.8 Å². The molecule has 2 saturated heterocycles. The van der Waals surface area contributed by atoms with Crippen LogP contribution < -0.4 is 10.5 Å². The van der Waals surface area contributed by atoms with Gasteiger partial charge in [0.2, 0.25) is 5.91 Å². The van der Waals surface area contributed by atoms with Gasteiger partial charge in [0, 0.05) is 0 Å². The first-order chi connectivity index (χ1) is 12.7. The van der Waals surface area contributed by atoms with Gasteiger partial charge in [-0.1, -0.05) is 6.07 Å². The first-order valence-electron chi connectivity index (χ1n) is 8.90. The Morgan fingerprint density at radius 3 is 2.85 bits per heavy atom. The number of hydroxylamine groups is 2. The molecule has 146 valence electrons. The van der Waals surface area contributed by atoms with Gasteiger partial charge in [-0.2, -0.15) is 5.06 Å². The number of urea groups is 1. The van der Waals surface area contributed by atoms with E-state index in [2.05, 4.69) is 0 Å². The van der Waals surface area contributed by atoms with Crippen molar-refractivity contribution in [2.24, 2.45) is 5.73 Å². The molecule has 0 spiro atoms. The van der Waals surface area contributed by atoms with Gasteiger partial charge >= 0.3 is 6.03 Å². The van der Waals surface area contributed by atoms with Crippen molar-refractivity contribution < 1.29 is 29.0 Å². The number of fused-ring (bicyclic) bond motifs is 4. The van der Waals surface area contributed by atoms with Crippen molar-refractivity contribution >= 4 is 11.9 Å². The molecular weight excluding hydrogens is 354 g/mol. The maximum atomic E-state index is 12.3. The molecule has 0 saturated carbocycles. The third kappa shape index (κ3) is 3.22. The number of ether oxygens (including phenoxy) is 3. The van der Waals surface area contributed by atoms with Gasteiger partial charge in [-0.3, -0.25) is 10.0 Å². The Morgan fingerprint density at radius 2 is 2.19 bits per heavy atom. The van der Waals surface area contributed by atoms with Crippen LogP contribution in [0.2, 0.25) is 0 Å². The molecule has 3 atom stereocenters. The topological polar surface area (TPSA) is 115 Å². The zero-order valence-electron chi connectivity index (χ0n) is 15.3. The molecule has 9 heteroatoms. The van der Waals surface area contributed by atoms with Crippen LogP contribution in [0.5, 0.6) is 5.75 Å². The van der Waals surface area contributed by atoms with E-state index in [4.69, 9.17) is 19.9 Å². The molecule has 3 aliphatic rings. The van der Waals surface area contributed by atoms with Crippen LogP contribution in [0.1, 0.15) is 43.5 Å². The predicted octanol–water partition coefficient (Wildman–Crippen LogP) is 1.31. The van der Waals surface area contributed by atoms with E-state index in [0.29, 0.717) is 30.6 Å². The van der Waals surface area contributed by atoms with E-state index in [0.717, 1.165) is 11.1 Å². The number of primary amides is 1. The summed E-state index contributed by atoms with van der Waals surface area (Å²) < 4.78 is 17.1. The van der Waals surface area contributed by atoms with Crippen molar-refractivity contribution in [2.45, 2.75) is 44.2 Å². The van der Waals surface area contributed by atoms with E-state index >= 15 is 0 Å². The average Bonchev–Trinajstić information content (AvgIpc) is 3.09. The lowest BCUT2D eigenvalue weighted by atomic mass is 9.89. The van der Waals surface area contributed by atoms with E-state index in [9.17, 15) is 14.8 Å². The van der Waals surface area contributed by atoms with Crippen LogP contribution in [0, 0.1) is 0 Å². The zero-order valence-corrected chi connectivity index (χ0v) is 15.3. The lowest BCUT2D eigenvalue weighted by Gasteiger charge is -2.32. The predicted molar refractivity (Wildman–Crippen MR) is 91.9 cm³/mol. The number of nitrogens with zero attached hydrogens (tertiary/aromatic N) is 2. The highest BCUT2D eigenvalue weighted by atomic mass is 16.7. The van der Waals surface area contributed by atoms with E-state index in [1.807, 2.05) is 19.9 Å². The van der Waals surface area contributed by atoms with E-state index in [1.54, 1.807) is 12.1 Å². The standard InChI is InChI=1S/C18H23N3O6/c1-18(2)26-9-11(27-18)8-25-10-3-4-12-13(5-10)15-7-20(17(23)21(15)24)14(12)6-16(19)22/h3-5,11,14-15,24H,6-9H2,1-2H3,(H2,19,22)/t11?,14-,15-/m0/s1. The Morgan fingerprint density at radius 1 is 1.41 bits per heavy atom. The molecule has 1 unspecified atom stereocenters. The van der Waals surface area contributed by atoms with Crippen molar-refractivity contribution in [1.82, 2.24) is 9.96 Å². The maximum Gasteiger partial charge on any atom is 0.345 e. The number of benzene rings is 1. The summed E-state index contributed by atoms with van der Waals surface area (Å²) in [5, 5.41) is 10.9. The number of amides is 3. The molecule has 2 fully saturated rings. The van der Waals surface area contributed by atoms with Crippen molar-refractivity contribution in [2.75, 3.05) is 19.8 Å². The monoisotopic (exact) mass is 377 g/mol. The molecule has 4 rings (SSSR count). The highest BCUT2D eigenvalue weighted by molar-refractivity contribution is 5.81. The van der Waals surface area contributed by atoms with Gasteiger partial charge in [-0.15, -0.1) is 0 Å². The van der Waals surface area contributed by atoms with Gasteiger partial charge in [-0.05, 0) is 37.1 Å². The van der Waals surface area contributed by atoms with Crippen LogP contribution in [0.4, 0.5) is 4.79 Å². The van der Waals surface area contributed by atoms with Crippen LogP contribution in [0.3, 0.4) is 0 Å².